The topological polar surface area (TPSA) is 108 Å². The Morgan fingerprint density at radius 1 is 1.23 bits per heavy atom. The Hall–Kier alpha value is -2.68. The lowest BCUT2D eigenvalue weighted by Crippen LogP contribution is -2.35. The largest absolute Gasteiger partial charge is 0.466 e. The number of hydrogen-bond acceptors (Lipinski definition) is 7. The highest BCUT2D eigenvalue weighted by atomic mass is 79.9. The minimum atomic E-state index is -0.877. The average Bonchev–Trinajstić information content (AvgIpc) is 2.71. The van der Waals surface area contributed by atoms with Gasteiger partial charge in [0.1, 0.15) is 6.10 Å². The van der Waals surface area contributed by atoms with Gasteiger partial charge in [-0.05, 0) is 25.3 Å². The molecule has 0 saturated heterocycles. The summed E-state index contributed by atoms with van der Waals surface area (Å²) in [5.41, 5.74) is 1.72. The van der Waals surface area contributed by atoms with Crippen LogP contribution in [0.3, 0.4) is 0 Å². The number of hydrogen-bond donors (Lipinski definition) is 1. The first kappa shape index (κ1) is 23.6. The van der Waals surface area contributed by atoms with E-state index in [-0.39, 0.29) is 28.9 Å². The molecule has 8 nitrogen and oxygen atoms in total. The number of esters is 2. The number of rotatable bonds is 7. The number of dihydropyridines is 1. The van der Waals surface area contributed by atoms with Crippen LogP contribution in [0.5, 0.6) is 0 Å². The fourth-order valence-corrected chi connectivity index (χ4v) is 3.59. The van der Waals surface area contributed by atoms with Crippen LogP contribution in [0.15, 0.2) is 46.8 Å². The molecule has 1 aromatic rings. The number of alkyl halides is 1. The van der Waals surface area contributed by atoms with Gasteiger partial charge < -0.3 is 14.8 Å². The Labute approximate surface area is 183 Å². The number of methoxy groups -OCH3 is 1. The Morgan fingerprint density at radius 2 is 1.90 bits per heavy atom. The molecule has 0 bridgehead atoms. The lowest BCUT2D eigenvalue weighted by Gasteiger charge is -2.31. The number of carbonyl (C=O) groups excluding carboxylic acids is 2. The number of allylic oxidation sites excluding steroid dienone is 2. The van der Waals surface area contributed by atoms with Gasteiger partial charge in [0, 0.05) is 28.9 Å². The number of ether oxygens (including phenoxy) is 2. The fraction of sp³-hybridized carbons (Fsp3) is 0.429. The molecule has 9 heteroatoms. The Bertz CT molecular complexity index is 922. The van der Waals surface area contributed by atoms with Gasteiger partial charge >= 0.3 is 11.9 Å². The molecule has 1 aliphatic heterocycles. The van der Waals surface area contributed by atoms with Gasteiger partial charge in [0.2, 0.25) is 0 Å². The number of nitro groups is 1. The van der Waals surface area contributed by atoms with E-state index in [2.05, 4.69) is 21.2 Å². The van der Waals surface area contributed by atoms with E-state index in [0.29, 0.717) is 22.3 Å². The van der Waals surface area contributed by atoms with Crippen molar-refractivity contribution in [3.63, 3.8) is 0 Å². The molecule has 1 N–H and O–H groups in total. The number of carbonyl (C=O) groups is 2. The summed E-state index contributed by atoms with van der Waals surface area (Å²) in [6.45, 7) is 7.34. The summed E-state index contributed by atoms with van der Waals surface area (Å²) in [4.78, 5) is 36.6. The molecule has 0 amide bonds. The van der Waals surface area contributed by atoms with E-state index in [9.17, 15) is 19.7 Å². The van der Waals surface area contributed by atoms with E-state index in [1.54, 1.807) is 19.9 Å². The predicted molar refractivity (Wildman–Crippen MR) is 115 cm³/mol. The van der Waals surface area contributed by atoms with Gasteiger partial charge in [-0.1, -0.05) is 41.9 Å². The normalized spacial score (nSPS) is 17.5. The van der Waals surface area contributed by atoms with Gasteiger partial charge in [0.15, 0.2) is 0 Å². The van der Waals surface area contributed by atoms with Crippen molar-refractivity contribution in [1.29, 1.82) is 0 Å². The standard InChI is InChI=1S/C21H25BrN2O6/c1-11(2)13(4)30-21(26)19-16(10-22)23-12(3)17(20(25)29-5)18(19)14-7-6-8-15(9-14)24(27)28/h6-9,11,13,18,23H,10H2,1-5H3. The highest BCUT2D eigenvalue weighted by Crippen LogP contribution is 2.40. The molecule has 0 radical (unpaired) electrons. The average molecular weight is 481 g/mol. The van der Waals surface area contributed by atoms with Crippen molar-refractivity contribution in [3.05, 3.63) is 62.5 Å². The van der Waals surface area contributed by atoms with Crippen molar-refractivity contribution < 1.29 is 24.0 Å². The van der Waals surface area contributed by atoms with Crippen LogP contribution in [0, 0.1) is 16.0 Å². The van der Waals surface area contributed by atoms with Gasteiger partial charge in [0.25, 0.3) is 5.69 Å². The van der Waals surface area contributed by atoms with E-state index in [4.69, 9.17) is 9.47 Å². The van der Waals surface area contributed by atoms with E-state index in [1.807, 2.05) is 13.8 Å². The first-order valence-corrected chi connectivity index (χ1v) is 10.5. The third-order valence-corrected chi connectivity index (χ3v) is 5.61. The van der Waals surface area contributed by atoms with Gasteiger partial charge in [-0.15, -0.1) is 0 Å². The second kappa shape index (κ2) is 9.88. The molecular weight excluding hydrogens is 456 g/mol. The van der Waals surface area contributed by atoms with Crippen LogP contribution in [-0.4, -0.2) is 35.4 Å². The van der Waals surface area contributed by atoms with Crippen molar-refractivity contribution in [2.75, 3.05) is 12.4 Å². The van der Waals surface area contributed by atoms with E-state index in [1.165, 1.54) is 25.3 Å². The molecule has 2 rings (SSSR count). The number of nitrogens with zero attached hydrogens (tertiary/aromatic N) is 1. The monoisotopic (exact) mass is 480 g/mol. The Morgan fingerprint density at radius 3 is 2.43 bits per heavy atom. The van der Waals surface area contributed by atoms with Crippen LogP contribution in [0.1, 0.15) is 39.2 Å². The molecule has 0 aliphatic carbocycles. The number of nitro benzene ring substituents is 1. The SMILES string of the molecule is COC(=O)C1=C(C)NC(CBr)=C(C(=O)OC(C)C(C)C)C1c1cccc([N+](=O)[O-])c1. The van der Waals surface area contributed by atoms with E-state index in [0.717, 1.165) is 0 Å². The second-order valence-corrected chi connectivity index (χ2v) is 7.88. The lowest BCUT2D eigenvalue weighted by atomic mass is 9.80. The van der Waals surface area contributed by atoms with E-state index >= 15 is 0 Å². The van der Waals surface area contributed by atoms with Gasteiger partial charge in [-0.25, -0.2) is 9.59 Å². The summed E-state index contributed by atoms with van der Waals surface area (Å²) in [7, 11) is 1.25. The zero-order chi connectivity index (χ0) is 22.6. The summed E-state index contributed by atoms with van der Waals surface area (Å²) in [6, 6.07) is 5.88. The molecule has 0 saturated carbocycles. The second-order valence-electron chi connectivity index (χ2n) is 7.32. The van der Waals surface area contributed by atoms with Gasteiger partial charge in [-0.3, -0.25) is 10.1 Å². The maximum Gasteiger partial charge on any atom is 0.337 e. The molecule has 0 aromatic heterocycles. The Kier molecular flexibility index (Phi) is 7.77. The molecule has 2 unspecified atom stereocenters. The minimum absolute atomic E-state index is 0.0899. The van der Waals surface area contributed by atoms with Gasteiger partial charge in [-0.2, -0.15) is 0 Å². The van der Waals surface area contributed by atoms with Crippen molar-refractivity contribution in [3.8, 4) is 0 Å². The third-order valence-electron chi connectivity index (χ3n) is 5.05. The van der Waals surface area contributed by atoms with Crippen LogP contribution in [0.2, 0.25) is 0 Å². The summed E-state index contributed by atoms with van der Waals surface area (Å²) in [5.74, 6) is -2.01. The maximum atomic E-state index is 13.2. The van der Waals surface area contributed by atoms with Crippen LogP contribution in [-0.2, 0) is 19.1 Å². The lowest BCUT2D eigenvalue weighted by molar-refractivity contribution is -0.384. The van der Waals surface area contributed by atoms with Gasteiger partial charge in [0.05, 0.1) is 29.1 Å². The molecule has 162 valence electrons. The maximum absolute atomic E-state index is 13.2. The smallest absolute Gasteiger partial charge is 0.337 e. The summed E-state index contributed by atoms with van der Waals surface area (Å²) < 4.78 is 10.6. The molecule has 2 atom stereocenters. The van der Waals surface area contributed by atoms with Crippen molar-refractivity contribution in [2.45, 2.75) is 39.7 Å². The number of halogens is 1. The predicted octanol–water partition coefficient (Wildman–Crippen LogP) is 3.97. The summed E-state index contributed by atoms with van der Waals surface area (Å²) >= 11 is 3.38. The highest BCUT2D eigenvalue weighted by molar-refractivity contribution is 9.09. The molecule has 1 aliphatic rings. The van der Waals surface area contributed by atoms with Crippen LogP contribution < -0.4 is 5.32 Å². The first-order valence-electron chi connectivity index (χ1n) is 9.42. The molecule has 0 spiro atoms. The molecule has 1 heterocycles. The van der Waals surface area contributed by atoms with Crippen LogP contribution >= 0.6 is 15.9 Å². The number of non-ortho nitro benzene ring substituents is 1. The summed E-state index contributed by atoms with van der Waals surface area (Å²) in [6.07, 6.45) is -0.360. The number of nitrogens with one attached hydrogen (secondary N) is 1. The van der Waals surface area contributed by atoms with Crippen molar-refractivity contribution >= 4 is 33.6 Å². The van der Waals surface area contributed by atoms with E-state index < -0.39 is 22.8 Å². The molecule has 0 fully saturated rings. The van der Waals surface area contributed by atoms with Crippen LogP contribution in [0.25, 0.3) is 0 Å². The van der Waals surface area contributed by atoms with Crippen molar-refractivity contribution in [1.82, 2.24) is 5.32 Å². The van der Waals surface area contributed by atoms with Crippen molar-refractivity contribution in [2.24, 2.45) is 5.92 Å². The molecular formula is C21H25BrN2O6. The highest BCUT2D eigenvalue weighted by Gasteiger charge is 2.39. The van der Waals surface area contributed by atoms with Crippen LogP contribution in [0.4, 0.5) is 5.69 Å². The zero-order valence-corrected chi connectivity index (χ0v) is 19.1. The fourth-order valence-electron chi connectivity index (χ4n) is 3.14. The number of benzene rings is 1. The first-order chi connectivity index (χ1) is 14.1. The minimum Gasteiger partial charge on any atom is -0.466 e. The molecule has 1 aromatic carbocycles. The zero-order valence-electron chi connectivity index (χ0n) is 17.5. The Balaban J connectivity index is 2.70. The molecule has 30 heavy (non-hydrogen) atoms. The summed E-state index contributed by atoms with van der Waals surface area (Å²) in [5, 5.41) is 14.7. The quantitative estimate of drug-likeness (QED) is 0.272. The third kappa shape index (κ3) is 4.89.